The van der Waals surface area contributed by atoms with E-state index in [0.717, 1.165) is 0 Å². The number of hydrogen-bond acceptors (Lipinski definition) is 5. The summed E-state index contributed by atoms with van der Waals surface area (Å²) >= 11 is 3.21. The summed E-state index contributed by atoms with van der Waals surface area (Å²) in [4.78, 5) is 14.1. The average molecular weight is 304 g/mol. The van der Waals surface area contributed by atoms with E-state index in [4.69, 9.17) is 5.11 Å². The van der Waals surface area contributed by atoms with Gasteiger partial charge < -0.3 is 10.4 Å². The largest absolute Gasteiger partial charge is 0.396 e. The minimum atomic E-state index is -0.494. The van der Waals surface area contributed by atoms with Crippen LogP contribution in [0.2, 0.25) is 0 Å². The van der Waals surface area contributed by atoms with Crippen molar-refractivity contribution < 1.29 is 10.0 Å². The standard InChI is InChI=1S/C10H14BrN3O3/c1-10(2,6-15)5-13-9-7(11)3-12-4-8(9)14(16)17/h3-4,15H,5-6H2,1-2H3,(H,12,13). The van der Waals surface area contributed by atoms with Crippen LogP contribution < -0.4 is 5.32 Å². The SMILES string of the molecule is CC(C)(CO)CNc1c(Br)cncc1[N+](=O)[O-]. The lowest BCUT2D eigenvalue weighted by Crippen LogP contribution is -2.27. The minimum absolute atomic E-state index is 0.00347. The number of nitrogens with zero attached hydrogens (tertiary/aromatic N) is 2. The molecule has 1 aromatic rings. The smallest absolute Gasteiger partial charge is 0.311 e. The molecule has 1 heterocycles. The first-order chi connectivity index (χ1) is 7.87. The van der Waals surface area contributed by atoms with Crippen LogP contribution in [0.15, 0.2) is 16.9 Å². The van der Waals surface area contributed by atoms with Gasteiger partial charge in [0.25, 0.3) is 0 Å². The van der Waals surface area contributed by atoms with Gasteiger partial charge in [-0.1, -0.05) is 13.8 Å². The van der Waals surface area contributed by atoms with E-state index in [1.165, 1.54) is 12.4 Å². The predicted molar refractivity (Wildman–Crippen MR) is 67.9 cm³/mol. The predicted octanol–water partition coefficient (Wildman–Crippen LogP) is 2.18. The number of hydrogen-bond donors (Lipinski definition) is 2. The second kappa shape index (κ2) is 5.42. The molecule has 0 bridgehead atoms. The molecule has 7 heteroatoms. The molecule has 0 aliphatic carbocycles. The lowest BCUT2D eigenvalue weighted by Gasteiger charge is -2.22. The Morgan fingerprint density at radius 3 is 2.76 bits per heavy atom. The van der Waals surface area contributed by atoms with Gasteiger partial charge >= 0.3 is 5.69 Å². The highest BCUT2D eigenvalue weighted by molar-refractivity contribution is 9.10. The summed E-state index contributed by atoms with van der Waals surface area (Å²) in [5.74, 6) is 0. The van der Waals surface area contributed by atoms with Gasteiger partial charge in [0.05, 0.1) is 9.40 Å². The summed E-state index contributed by atoms with van der Waals surface area (Å²) in [5, 5.41) is 22.9. The Morgan fingerprint density at radius 2 is 2.24 bits per heavy atom. The summed E-state index contributed by atoms with van der Waals surface area (Å²) < 4.78 is 0.528. The quantitative estimate of drug-likeness (QED) is 0.643. The van der Waals surface area contributed by atoms with Gasteiger partial charge in [0.1, 0.15) is 11.9 Å². The molecule has 0 unspecified atom stereocenters. The van der Waals surface area contributed by atoms with E-state index in [9.17, 15) is 10.1 Å². The highest BCUT2D eigenvalue weighted by atomic mass is 79.9. The van der Waals surface area contributed by atoms with Crippen LogP contribution in [0.5, 0.6) is 0 Å². The van der Waals surface area contributed by atoms with Crippen LogP contribution in [-0.2, 0) is 0 Å². The fourth-order valence-electron chi connectivity index (χ4n) is 1.12. The van der Waals surface area contributed by atoms with Gasteiger partial charge in [0.2, 0.25) is 0 Å². The first kappa shape index (κ1) is 13.9. The Morgan fingerprint density at radius 1 is 1.59 bits per heavy atom. The van der Waals surface area contributed by atoms with Crippen LogP contribution in [0.3, 0.4) is 0 Å². The molecular weight excluding hydrogens is 290 g/mol. The van der Waals surface area contributed by atoms with Gasteiger partial charge in [-0.25, -0.2) is 0 Å². The van der Waals surface area contributed by atoms with Crippen LogP contribution in [0.1, 0.15) is 13.8 Å². The number of pyridine rings is 1. The molecule has 94 valence electrons. The molecule has 0 amide bonds. The minimum Gasteiger partial charge on any atom is -0.396 e. The molecule has 0 atom stereocenters. The van der Waals surface area contributed by atoms with Gasteiger partial charge in [-0.15, -0.1) is 0 Å². The zero-order valence-electron chi connectivity index (χ0n) is 9.61. The van der Waals surface area contributed by atoms with Crippen molar-refractivity contribution in [2.45, 2.75) is 13.8 Å². The van der Waals surface area contributed by atoms with Crippen molar-refractivity contribution in [1.29, 1.82) is 0 Å². The fraction of sp³-hybridized carbons (Fsp3) is 0.500. The highest BCUT2D eigenvalue weighted by Crippen LogP contribution is 2.31. The molecular formula is C10H14BrN3O3. The molecule has 0 saturated heterocycles. The number of rotatable bonds is 5. The first-order valence-electron chi connectivity index (χ1n) is 5.00. The highest BCUT2D eigenvalue weighted by Gasteiger charge is 2.21. The number of nitrogens with one attached hydrogen (secondary N) is 1. The van der Waals surface area contributed by atoms with Gasteiger partial charge in [0, 0.05) is 24.8 Å². The fourth-order valence-corrected chi connectivity index (χ4v) is 1.58. The Hall–Kier alpha value is -1.21. The maximum absolute atomic E-state index is 10.8. The number of aliphatic hydroxyl groups excluding tert-OH is 1. The van der Waals surface area contributed by atoms with E-state index in [-0.39, 0.29) is 17.7 Å². The van der Waals surface area contributed by atoms with Gasteiger partial charge in [-0.2, -0.15) is 0 Å². The molecule has 2 N–H and O–H groups in total. The molecule has 1 aromatic heterocycles. The maximum atomic E-state index is 10.8. The van der Waals surface area contributed by atoms with Crippen molar-refractivity contribution in [2.75, 3.05) is 18.5 Å². The van der Waals surface area contributed by atoms with E-state index >= 15 is 0 Å². The van der Waals surface area contributed by atoms with Crippen LogP contribution in [0, 0.1) is 15.5 Å². The Kier molecular flexibility index (Phi) is 4.41. The lowest BCUT2D eigenvalue weighted by molar-refractivity contribution is -0.384. The van der Waals surface area contributed by atoms with Crippen molar-refractivity contribution in [3.05, 3.63) is 27.0 Å². The van der Waals surface area contributed by atoms with Crippen LogP contribution in [-0.4, -0.2) is 28.2 Å². The molecule has 1 rings (SSSR count). The van der Waals surface area contributed by atoms with E-state index in [1.54, 1.807) is 0 Å². The van der Waals surface area contributed by atoms with E-state index in [0.29, 0.717) is 16.7 Å². The number of aliphatic hydroxyl groups is 1. The Bertz CT molecular complexity index is 423. The Labute approximate surface area is 107 Å². The second-order valence-corrected chi connectivity index (χ2v) is 5.30. The molecule has 6 nitrogen and oxygen atoms in total. The monoisotopic (exact) mass is 303 g/mol. The van der Waals surface area contributed by atoms with E-state index in [1.807, 2.05) is 13.8 Å². The summed E-state index contributed by atoms with van der Waals surface area (Å²) in [6.07, 6.45) is 2.68. The van der Waals surface area contributed by atoms with Gasteiger partial charge in [-0.05, 0) is 15.9 Å². The Balaban J connectivity index is 2.94. The van der Waals surface area contributed by atoms with E-state index in [2.05, 4.69) is 26.2 Å². The van der Waals surface area contributed by atoms with Gasteiger partial charge in [-0.3, -0.25) is 15.1 Å². The number of nitro groups is 1. The maximum Gasteiger partial charge on any atom is 0.311 e. The summed E-state index contributed by atoms with van der Waals surface area (Å²) in [6.45, 7) is 4.14. The number of halogens is 1. The van der Waals surface area contributed by atoms with Crippen LogP contribution in [0.4, 0.5) is 11.4 Å². The third kappa shape index (κ3) is 3.64. The lowest BCUT2D eigenvalue weighted by atomic mass is 9.95. The second-order valence-electron chi connectivity index (χ2n) is 4.45. The molecule has 0 fully saturated rings. The molecule has 0 aromatic carbocycles. The normalized spacial score (nSPS) is 11.3. The van der Waals surface area contributed by atoms with Crippen LogP contribution in [0.25, 0.3) is 0 Å². The number of anilines is 1. The molecule has 0 aliphatic rings. The summed E-state index contributed by atoms with van der Waals surface area (Å²) in [5.41, 5.74) is -0.0593. The molecule has 0 spiro atoms. The van der Waals surface area contributed by atoms with E-state index < -0.39 is 4.92 Å². The molecule has 0 radical (unpaired) electrons. The summed E-state index contributed by atoms with van der Waals surface area (Å²) in [7, 11) is 0. The first-order valence-corrected chi connectivity index (χ1v) is 5.79. The summed E-state index contributed by atoms with van der Waals surface area (Å²) in [6, 6.07) is 0. The average Bonchev–Trinajstić information content (AvgIpc) is 2.27. The zero-order chi connectivity index (χ0) is 13.1. The van der Waals surface area contributed by atoms with Gasteiger partial charge in [0.15, 0.2) is 0 Å². The van der Waals surface area contributed by atoms with Crippen molar-refractivity contribution in [3.63, 3.8) is 0 Å². The van der Waals surface area contributed by atoms with Crippen molar-refractivity contribution in [3.8, 4) is 0 Å². The topological polar surface area (TPSA) is 88.3 Å². The third-order valence-electron chi connectivity index (χ3n) is 2.25. The van der Waals surface area contributed by atoms with Crippen molar-refractivity contribution in [2.24, 2.45) is 5.41 Å². The van der Waals surface area contributed by atoms with Crippen molar-refractivity contribution in [1.82, 2.24) is 4.98 Å². The number of aromatic nitrogens is 1. The molecule has 0 saturated carbocycles. The molecule has 17 heavy (non-hydrogen) atoms. The zero-order valence-corrected chi connectivity index (χ0v) is 11.2. The van der Waals surface area contributed by atoms with Crippen LogP contribution >= 0.6 is 15.9 Å². The third-order valence-corrected chi connectivity index (χ3v) is 2.85. The van der Waals surface area contributed by atoms with Crippen molar-refractivity contribution >= 4 is 27.3 Å². The molecule has 0 aliphatic heterocycles.